The summed E-state index contributed by atoms with van der Waals surface area (Å²) in [5.74, 6) is -0.553. The highest BCUT2D eigenvalue weighted by Gasteiger charge is 2.38. The molecule has 7 nitrogen and oxygen atoms in total. The van der Waals surface area contributed by atoms with Gasteiger partial charge in [-0.15, -0.1) is 0 Å². The fourth-order valence-corrected chi connectivity index (χ4v) is 5.78. The van der Waals surface area contributed by atoms with E-state index in [9.17, 15) is 22.3 Å². The average Bonchev–Trinajstić information content (AvgIpc) is 2.73. The number of rotatable bonds is 4. The van der Waals surface area contributed by atoms with Gasteiger partial charge in [0.15, 0.2) is 5.82 Å². The van der Waals surface area contributed by atoms with Crippen molar-refractivity contribution in [2.75, 3.05) is 36.0 Å². The molecule has 0 saturated carbocycles. The lowest BCUT2D eigenvalue weighted by molar-refractivity contribution is -0.0715. The van der Waals surface area contributed by atoms with Gasteiger partial charge in [0.25, 0.3) is 0 Å². The molecule has 2 saturated heterocycles. The number of nitrogens with zero attached hydrogens (tertiary/aromatic N) is 4. The Labute approximate surface area is 174 Å². The Morgan fingerprint density at radius 3 is 2.43 bits per heavy atom. The van der Waals surface area contributed by atoms with Gasteiger partial charge in [-0.1, -0.05) is 12.1 Å². The average molecular weight is 439 g/mol. The molecule has 0 bridgehead atoms. The summed E-state index contributed by atoms with van der Waals surface area (Å²) in [6.07, 6.45) is 2.17. The molecule has 10 heteroatoms. The van der Waals surface area contributed by atoms with Crippen molar-refractivity contribution >= 4 is 15.8 Å². The minimum absolute atomic E-state index is 0.0722. The summed E-state index contributed by atoms with van der Waals surface area (Å²) in [4.78, 5) is 11.9. The summed E-state index contributed by atoms with van der Waals surface area (Å²) in [7, 11) is -3.03. The Bertz CT molecular complexity index is 976. The van der Waals surface area contributed by atoms with Gasteiger partial charge in [0, 0.05) is 25.6 Å². The number of hydrogen-bond acceptors (Lipinski definition) is 7. The van der Waals surface area contributed by atoms with Crippen LogP contribution in [0.1, 0.15) is 24.4 Å². The first-order valence-corrected chi connectivity index (χ1v) is 11.8. The molecule has 1 aromatic heterocycles. The first-order chi connectivity index (χ1) is 14.3. The van der Waals surface area contributed by atoms with Gasteiger partial charge in [-0.05, 0) is 30.5 Å². The van der Waals surface area contributed by atoms with Crippen LogP contribution >= 0.6 is 0 Å². The summed E-state index contributed by atoms with van der Waals surface area (Å²) >= 11 is 0. The molecule has 1 aromatic carbocycles. The summed E-state index contributed by atoms with van der Waals surface area (Å²) in [6, 6.07) is 5.87. The number of aliphatic hydroxyl groups is 1. The van der Waals surface area contributed by atoms with Crippen LogP contribution in [0.2, 0.25) is 0 Å². The fourth-order valence-electron chi connectivity index (χ4n) is 4.25. The van der Waals surface area contributed by atoms with Crippen LogP contribution in [0.3, 0.4) is 0 Å². The number of anilines is 1. The quantitative estimate of drug-likeness (QED) is 0.778. The van der Waals surface area contributed by atoms with Crippen molar-refractivity contribution < 1.29 is 22.3 Å². The highest BCUT2D eigenvalue weighted by Crippen LogP contribution is 2.33. The Balaban J connectivity index is 1.58. The zero-order valence-corrected chi connectivity index (χ0v) is 17.2. The van der Waals surface area contributed by atoms with Gasteiger partial charge < -0.3 is 10.0 Å². The summed E-state index contributed by atoms with van der Waals surface area (Å²) < 4.78 is 50.6. The molecular formula is C20H24F2N4O3S. The number of piperazine rings is 1. The van der Waals surface area contributed by atoms with Gasteiger partial charge in [-0.3, -0.25) is 4.90 Å². The van der Waals surface area contributed by atoms with Crippen LogP contribution in [-0.4, -0.2) is 65.8 Å². The van der Waals surface area contributed by atoms with Crippen molar-refractivity contribution in [2.24, 2.45) is 5.92 Å². The second kappa shape index (κ2) is 8.52. The van der Waals surface area contributed by atoms with Gasteiger partial charge in [0.2, 0.25) is 5.95 Å². The lowest BCUT2D eigenvalue weighted by Crippen LogP contribution is -2.55. The summed E-state index contributed by atoms with van der Waals surface area (Å²) in [5, 5.41) is 11.1. The molecule has 2 fully saturated rings. The SMILES string of the molecule is O=S1(=O)CCC(C(O)N2CCN(c3ncc(F)cn3)CC2c2cccc(F)c2)CC1. The maximum absolute atomic E-state index is 13.9. The van der Waals surface area contributed by atoms with E-state index in [1.165, 1.54) is 12.1 Å². The van der Waals surface area contributed by atoms with E-state index in [1.807, 2.05) is 9.80 Å². The van der Waals surface area contributed by atoms with E-state index in [4.69, 9.17) is 0 Å². The van der Waals surface area contributed by atoms with Crippen LogP contribution in [0.15, 0.2) is 36.7 Å². The van der Waals surface area contributed by atoms with Gasteiger partial charge in [0.1, 0.15) is 21.9 Å². The van der Waals surface area contributed by atoms with Crippen molar-refractivity contribution in [3.8, 4) is 0 Å². The number of hydrogen-bond donors (Lipinski definition) is 1. The molecule has 1 N–H and O–H groups in total. The van der Waals surface area contributed by atoms with Crippen molar-refractivity contribution in [2.45, 2.75) is 25.1 Å². The lowest BCUT2D eigenvalue weighted by atomic mass is 9.95. The van der Waals surface area contributed by atoms with Crippen molar-refractivity contribution in [3.05, 3.63) is 53.9 Å². The minimum atomic E-state index is -3.03. The molecule has 4 rings (SSSR count). The zero-order chi connectivity index (χ0) is 21.3. The highest BCUT2D eigenvalue weighted by molar-refractivity contribution is 7.91. The smallest absolute Gasteiger partial charge is 0.225 e. The van der Waals surface area contributed by atoms with E-state index in [-0.39, 0.29) is 29.3 Å². The predicted octanol–water partition coefficient (Wildman–Crippen LogP) is 1.76. The molecule has 2 aliphatic heterocycles. The standard InChI is InChI=1S/C20H24F2N4O3S/c21-16-3-1-2-15(10-16)18-13-25(20-23-11-17(22)12-24-20)6-7-26(18)19(27)14-4-8-30(28,29)9-5-14/h1-3,10-12,14,18-19,27H,4-9,13H2. The minimum Gasteiger partial charge on any atom is -0.378 e. The lowest BCUT2D eigenvalue weighted by Gasteiger charge is -2.46. The molecule has 0 aliphatic carbocycles. The molecule has 2 aliphatic rings. The number of aromatic nitrogens is 2. The highest BCUT2D eigenvalue weighted by atomic mass is 32.2. The second-order valence-electron chi connectivity index (χ2n) is 7.86. The number of benzene rings is 1. The zero-order valence-electron chi connectivity index (χ0n) is 16.4. The van der Waals surface area contributed by atoms with Crippen LogP contribution in [0.5, 0.6) is 0 Å². The van der Waals surface area contributed by atoms with Crippen LogP contribution in [-0.2, 0) is 9.84 Å². The third kappa shape index (κ3) is 4.60. The third-order valence-corrected chi connectivity index (χ3v) is 7.62. The molecule has 30 heavy (non-hydrogen) atoms. The van der Waals surface area contributed by atoms with E-state index in [0.29, 0.717) is 44.0 Å². The van der Waals surface area contributed by atoms with Crippen LogP contribution in [0.25, 0.3) is 0 Å². The van der Waals surface area contributed by atoms with E-state index in [2.05, 4.69) is 9.97 Å². The molecular weight excluding hydrogens is 414 g/mol. The molecule has 2 unspecified atom stereocenters. The molecule has 2 atom stereocenters. The van der Waals surface area contributed by atoms with E-state index >= 15 is 0 Å². The van der Waals surface area contributed by atoms with Gasteiger partial charge in [0.05, 0.1) is 29.9 Å². The Kier molecular flexibility index (Phi) is 5.99. The number of aliphatic hydroxyl groups excluding tert-OH is 1. The van der Waals surface area contributed by atoms with Crippen molar-refractivity contribution in [1.29, 1.82) is 0 Å². The fraction of sp³-hybridized carbons (Fsp3) is 0.500. The largest absolute Gasteiger partial charge is 0.378 e. The molecule has 3 heterocycles. The number of halogens is 2. The molecule has 2 aromatic rings. The van der Waals surface area contributed by atoms with Gasteiger partial charge in [-0.2, -0.15) is 0 Å². The van der Waals surface area contributed by atoms with Crippen LogP contribution in [0, 0.1) is 17.6 Å². The van der Waals surface area contributed by atoms with Gasteiger partial charge in [-0.25, -0.2) is 27.2 Å². The van der Waals surface area contributed by atoms with E-state index in [0.717, 1.165) is 12.4 Å². The predicted molar refractivity (Wildman–Crippen MR) is 107 cm³/mol. The maximum Gasteiger partial charge on any atom is 0.225 e. The summed E-state index contributed by atoms with van der Waals surface area (Å²) in [6.45, 7) is 1.34. The number of sulfone groups is 1. The Morgan fingerprint density at radius 2 is 1.77 bits per heavy atom. The second-order valence-corrected chi connectivity index (χ2v) is 10.2. The first kappa shape index (κ1) is 21.1. The normalized spacial score (nSPS) is 24.0. The Hall–Kier alpha value is -2.17. The molecule has 0 spiro atoms. The third-order valence-electron chi connectivity index (χ3n) is 5.91. The van der Waals surface area contributed by atoms with Gasteiger partial charge >= 0.3 is 0 Å². The monoisotopic (exact) mass is 438 g/mol. The molecule has 0 amide bonds. The first-order valence-electron chi connectivity index (χ1n) is 9.94. The van der Waals surface area contributed by atoms with E-state index in [1.54, 1.807) is 12.1 Å². The van der Waals surface area contributed by atoms with Crippen LogP contribution in [0.4, 0.5) is 14.7 Å². The van der Waals surface area contributed by atoms with E-state index < -0.39 is 21.9 Å². The van der Waals surface area contributed by atoms with Crippen molar-refractivity contribution in [1.82, 2.24) is 14.9 Å². The maximum atomic E-state index is 13.9. The van der Waals surface area contributed by atoms with Crippen molar-refractivity contribution in [3.63, 3.8) is 0 Å². The summed E-state index contributed by atoms with van der Waals surface area (Å²) in [5.41, 5.74) is 0.698. The van der Waals surface area contributed by atoms with Crippen LogP contribution < -0.4 is 4.90 Å². The topological polar surface area (TPSA) is 86.6 Å². The Morgan fingerprint density at radius 1 is 1.07 bits per heavy atom. The molecule has 0 radical (unpaired) electrons. The molecule has 162 valence electrons.